The molecule has 0 saturated carbocycles. The van der Waals surface area contributed by atoms with Crippen LogP contribution in [0.1, 0.15) is 60.5 Å². The number of thiocarbonyl (C=S) groups is 1. The van der Waals surface area contributed by atoms with Gasteiger partial charge in [-0.15, -0.1) is 0 Å². The van der Waals surface area contributed by atoms with Crippen LogP contribution in [0.2, 0.25) is 0 Å². The Morgan fingerprint density at radius 3 is 2.27 bits per heavy atom. The Bertz CT molecular complexity index is 876. The third-order valence-corrected chi connectivity index (χ3v) is 5.06. The molecule has 0 spiro atoms. The van der Waals surface area contributed by atoms with Crippen LogP contribution in [0.25, 0.3) is 0 Å². The maximum atomic E-state index is 12.9. The summed E-state index contributed by atoms with van der Waals surface area (Å²) in [5, 5.41) is 3.19. The van der Waals surface area contributed by atoms with Crippen LogP contribution in [-0.2, 0) is 16.0 Å². The summed E-state index contributed by atoms with van der Waals surface area (Å²) in [7, 11) is 1.69. The summed E-state index contributed by atoms with van der Waals surface area (Å²) in [5.74, 6) is 0.725. The molecular formula is C24H37N3O5S. The SMILES string of the molecule is CC1Oc2ccc(CN(CCCN(C)C(=O)OC(C)(C)C)C(=O)OC(C)(C)C)cc2NC1=S. The Balaban J connectivity index is 2.07. The van der Waals surface area contributed by atoms with Gasteiger partial charge in [-0.1, -0.05) is 18.3 Å². The quantitative estimate of drug-likeness (QED) is 0.562. The first-order valence-electron chi connectivity index (χ1n) is 11.2. The average Bonchev–Trinajstić information content (AvgIpc) is 2.65. The molecule has 0 aliphatic carbocycles. The molecule has 0 bridgehead atoms. The molecule has 0 radical (unpaired) electrons. The highest BCUT2D eigenvalue weighted by Crippen LogP contribution is 2.31. The normalized spacial score (nSPS) is 15.6. The Labute approximate surface area is 202 Å². The summed E-state index contributed by atoms with van der Waals surface area (Å²) >= 11 is 5.31. The molecule has 184 valence electrons. The van der Waals surface area contributed by atoms with E-state index >= 15 is 0 Å². The zero-order valence-electron chi connectivity index (χ0n) is 21.0. The van der Waals surface area contributed by atoms with E-state index in [-0.39, 0.29) is 6.10 Å². The van der Waals surface area contributed by atoms with E-state index in [1.54, 1.807) is 11.9 Å². The second-order valence-corrected chi connectivity index (χ2v) is 10.7. The highest BCUT2D eigenvalue weighted by atomic mass is 32.1. The number of anilines is 1. The summed E-state index contributed by atoms with van der Waals surface area (Å²) in [6, 6.07) is 5.73. The van der Waals surface area contributed by atoms with Gasteiger partial charge in [0.15, 0.2) is 0 Å². The third-order valence-electron chi connectivity index (χ3n) is 4.63. The molecule has 1 heterocycles. The van der Waals surface area contributed by atoms with Crippen molar-refractivity contribution in [1.29, 1.82) is 0 Å². The van der Waals surface area contributed by atoms with Crippen molar-refractivity contribution in [3.63, 3.8) is 0 Å². The molecule has 1 aromatic carbocycles. The van der Waals surface area contributed by atoms with Crippen LogP contribution in [0.4, 0.5) is 15.3 Å². The van der Waals surface area contributed by atoms with Crippen molar-refractivity contribution in [2.24, 2.45) is 0 Å². The zero-order valence-corrected chi connectivity index (χ0v) is 21.8. The lowest BCUT2D eigenvalue weighted by molar-refractivity contribution is 0.0212. The van der Waals surface area contributed by atoms with Gasteiger partial charge in [0.25, 0.3) is 0 Å². The van der Waals surface area contributed by atoms with Gasteiger partial charge in [0.05, 0.1) is 5.69 Å². The summed E-state index contributed by atoms with van der Waals surface area (Å²) in [6.45, 7) is 14.1. The van der Waals surface area contributed by atoms with Crippen LogP contribution in [0, 0.1) is 0 Å². The Kier molecular flexibility index (Phi) is 8.57. The maximum Gasteiger partial charge on any atom is 0.410 e. The molecule has 1 aliphatic rings. The largest absolute Gasteiger partial charge is 0.481 e. The van der Waals surface area contributed by atoms with Gasteiger partial charge in [0, 0.05) is 26.7 Å². The van der Waals surface area contributed by atoms with Crippen LogP contribution < -0.4 is 10.1 Å². The third kappa shape index (κ3) is 8.72. The van der Waals surface area contributed by atoms with Gasteiger partial charge in [-0.3, -0.25) is 0 Å². The number of nitrogens with zero attached hydrogens (tertiary/aromatic N) is 2. The van der Waals surface area contributed by atoms with E-state index in [1.165, 1.54) is 4.90 Å². The Morgan fingerprint density at radius 2 is 1.67 bits per heavy atom. The molecule has 0 saturated heterocycles. The number of hydrogen-bond donors (Lipinski definition) is 1. The predicted octanol–water partition coefficient (Wildman–Crippen LogP) is 5.20. The molecular weight excluding hydrogens is 442 g/mol. The number of carbonyl (C=O) groups is 2. The Hall–Kier alpha value is -2.55. The number of nitrogens with one attached hydrogen (secondary N) is 1. The summed E-state index contributed by atoms with van der Waals surface area (Å²) in [6.07, 6.45) is -0.410. The lowest BCUT2D eigenvalue weighted by atomic mass is 10.1. The van der Waals surface area contributed by atoms with Gasteiger partial charge in [0.2, 0.25) is 0 Å². The molecule has 1 unspecified atom stereocenters. The highest BCUT2D eigenvalue weighted by Gasteiger charge is 2.25. The van der Waals surface area contributed by atoms with E-state index in [4.69, 9.17) is 26.4 Å². The van der Waals surface area contributed by atoms with Crippen molar-refractivity contribution >= 4 is 35.1 Å². The van der Waals surface area contributed by atoms with Crippen LogP contribution in [0.3, 0.4) is 0 Å². The minimum Gasteiger partial charge on any atom is -0.481 e. The number of carbonyl (C=O) groups excluding carboxylic acids is 2. The van der Waals surface area contributed by atoms with Crippen molar-refractivity contribution in [3.05, 3.63) is 23.8 Å². The predicted molar refractivity (Wildman–Crippen MR) is 133 cm³/mol. The van der Waals surface area contributed by atoms with E-state index < -0.39 is 23.4 Å². The van der Waals surface area contributed by atoms with Crippen LogP contribution >= 0.6 is 12.2 Å². The molecule has 1 N–H and O–H groups in total. The fourth-order valence-electron chi connectivity index (χ4n) is 3.07. The molecule has 1 aromatic rings. The minimum atomic E-state index is -0.615. The monoisotopic (exact) mass is 479 g/mol. The highest BCUT2D eigenvalue weighted by molar-refractivity contribution is 7.80. The molecule has 33 heavy (non-hydrogen) atoms. The number of fused-ring (bicyclic) bond motifs is 1. The lowest BCUT2D eigenvalue weighted by Crippen LogP contribution is -2.39. The van der Waals surface area contributed by atoms with Gasteiger partial charge in [-0.2, -0.15) is 0 Å². The van der Waals surface area contributed by atoms with Crippen molar-refractivity contribution in [2.45, 2.75) is 78.7 Å². The second-order valence-electron chi connectivity index (χ2n) is 10.2. The fourth-order valence-corrected chi connectivity index (χ4v) is 3.22. The first-order chi connectivity index (χ1) is 15.1. The number of ether oxygens (including phenoxy) is 3. The molecule has 9 heteroatoms. The molecule has 0 fully saturated rings. The van der Waals surface area contributed by atoms with Crippen molar-refractivity contribution in [2.75, 3.05) is 25.5 Å². The molecule has 2 rings (SSSR count). The second kappa shape index (κ2) is 10.6. The van der Waals surface area contributed by atoms with E-state index in [9.17, 15) is 9.59 Å². The van der Waals surface area contributed by atoms with E-state index in [0.29, 0.717) is 31.0 Å². The van der Waals surface area contributed by atoms with E-state index in [1.807, 2.05) is 66.7 Å². The topological polar surface area (TPSA) is 80.3 Å². The number of benzene rings is 1. The summed E-state index contributed by atoms with van der Waals surface area (Å²) in [5.41, 5.74) is 0.520. The fraction of sp³-hybridized carbons (Fsp3) is 0.625. The van der Waals surface area contributed by atoms with Crippen LogP contribution in [0.5, 0.6) is 5.75 Å². The van der Waals surface area contributed by atoms with Crippen molar-refractivity contribution < 1.29 is 23.8 Å². The number of hydrogen-bond acceptors (Lipinski definition) is 6. The van der Waals surface area contributed by atoms with Gasteiger partial charge in [-0.25, -0.2) is 9.59 Å². The van der Waals surface area contributed by atoms with E-state index in [2.05, 4.69) is 5.32 Å². The maximum absolute atomic E-state index is 12.9. The zero-order chi connectivity index (χ0) is 25.0. The smallest absolute Gasteiger partial charge is 0.410 e. The van der Waals surface area contributed by atoms with Crippen molar-refractivity contribution in [3.8, 4) is 5.75 Å². The molecule has 2 amide bonds. The minimum absolute atomic E-state index is 0.182. The molecule has 8 nitrogen and oxygen atoms in total. The first kappa shape index (κ1) is 26.7. The molecule has 1 aliphatic heterocycles. The number of amides is 2. The first-order valence-corrected chi connectivity index (χ1v) is 11.6. The summed E-state index contributed by atoms with van der Waals surface area (Å²) < 4.78 is 16.8. The Morgan fingerprint density at radius 1 is 1.06 bits per heavy atom. The molecule has 1 atom stereocenters. The molecule has 0 aromatic heterocycles. The van der Waals surface area contributed by atoms with Gasteiger partial charge >= 0.3 is 12.2 Å². The van der Waals surface area contributed by atoms with Gasteiger partial charge in [-0.05, 0) is 72.6 Å². The van der Waals surface area contributed by atoms with Crippen LogP contribution in [0.15, 0.2) is 18.2 Å². The standard InChI is InChI=1S/C24H37N3O5S/c1-16-20(33)25-18-14-17(10-11-19(18)30-16)15-27(22(29)32-24(5,6)7)13-9-12-26(8)21(28)31-23(2,3)4/h10-11,14,16H,9,12-13,15H2,1-8H3,(H,25,33). The lowest BCUT2D eigenvalue weighted by Gasteiger charge is -2.29. The van der Waals surface area contributed by atoms with Crippen LogP contribution in [-0.4, -0.2) is 64.4 Å². The average molecular weight is 480 g/mol. The van der Waals surface area contributed by atoms with Gasteiger partial charge in [0.1, 0.15) is 28.0 Å². The van der Waals surface area contributed by atoms with E-state index in [0.717, 1.165) is 17.0 Å². The number of rotatable bonds is 6. The summed E-state index contributed by atoms with van der Waals surface area (Å²) in [4.78, 5) is 28.9. The van der Waals surface area contributed by atoms with Crippen molar-refractivity contribution in [1.82, 2.24) is 9.80 Å². The van der Waals surface area contributed by atoms with Gasteiger partial charge < -0.3 is 29.3 Å².